The fourth-order valence-electron chi connectivity index (χ4n) is 3.26. The van der Waals surface area contributed by atoms with Crippen LogP contribution in [0.5, 0.6) is 11.5 Å². The molecule has 3 rings (SSSR count). The Bertz CT molecular complexity index is 922. The molecule has 2 N–H and O–H groups in total. The smallest absolute Gasteiger partial charge is 0.253 e. The van der Waals surface area contributed by atoms with Crippen LogP contribution >= 0.6 is 0 Å². The van der Waals surface area contributed by atoms with Gasteiger partial charge >= 0.3 is 0 Å². The summed E-state index contributed by atoms with van der Waals surface area (Å²) in [7, 11) is 0. The van der Waals surface area contributed by atoms with E-state index in [9.17, 15) is 19.1 Å². The van der Waals surface area contributed by atoms with Gasteiger partial charge in [0.15, 0.2) is 11.5 Å². The number of carbonyl (C=O) groups is 2. The van der Waals surface area contributed by atoms with Crippen LogP contribution in [-0.2, 0) is 4.79 Å². The second kappa shape index (κ2) is 9.87. The van der Waals surface area contributed by atoms with E-state index >= 15 is 0 Å². The number of hydrazone groups is 1. The lowest BCUT2D eigenvalue weighted by Gasteiger charge is -2.31. The molecule has 7 nitrogen and oxygen atoms in total. The second-order valence-corrected chi connectivity index (χ2v) is 6.97. The van der Waals surface area contributed by atoms with Gasteiger partial charge in [-0.25, -0.2) is 9.82 Å². The van der Waals surface area contributed by atoms with Crippen LogP contribution in [0.1, 0.15) is 35.7 Å². The highest BCUT2D eigenvalue weighted by molar-refractivity contribution is 5.94. The van der Waals surface area contributed by atoms with E-state index < -0.39 is 0 Å². The predicted octanol–water partition coefficient (Wildman–Crippen LogP) is 2.93. The number of phenols is 1. The molecular weight excluding hydrogens is 389 g/mol. The molecule has 158 valence electrons. The number of amides is 2. The molecular formula is C22H24FN3O4. The first kappa shape index (κ1) is 21.3. The van der Waals surface area contributed by atoms with Crippen LogP contribution in [0.3, 0.4) is 0 Å². The van der Waals surface area contributed by atoms with Gasteiger partial charge in [0.05, 0.1) is 12.8 Å². The average Bonchev–Trinajstić information content (AvgIpc) is 2.76. The highest BCUT2D eigenvalue weighted by Crippen LogP contribution is 2.26. The molecule has 0 spiro atoms. The van der Waals surface area contributed by atoms with Crippen molar-refractivity contribution in [1.82, 2.24) is 10.3 Å². The lowest BCUT2D eigenvalue weighted by molar-refractivity contribution is -0.126. The fraction of sp³-hybridized carbons (Fsp3) is 0.318. The van der Waals surface area contributed by atoms with Gasteiger partial charge in [0.1, 0.15) is 5.82 Å². The Morgan fingerprint density at radius 2 is 1.93 bits per heavy atom. The molecule has 0 bridgehead atoms. The van der Waals surface area contributed by atoms with E-state index in [-0.39, 0.29) is 29.3 Å². The average molecular weight is 413 g/mol. The first-order valence-corrected chi connectivity index (χ1v) is 9.81. The summed E-state index contributed by atoms with van der Waals surface area (Å²) in [5, 5.41) is 13.7. The van der Waals surface area contributed by atoms with Crippen LogP contribution in [0, 0.1) is 11.7 Å². The van der Waals surface area contributed by atoms with Gasteiger partial charge in [0.25, 0.3) is 5.91 Å². The number of rotatable bonds is 6. The first-order chi connectivity index (χ1) is 14.5. The largest absolute Gasteiger partial charge is 0.504 e. The van der Waals surface area contributed by atoms with Gasteiger partial charge in [-0.05, 0) is 67.8 Å². The zero-order chi connectivity index (χ0) is 21.5. The number of hydrogen-bond acceptors (Lipinski definition) is 5. The topological polar surface area (TPSA) is 91.2 Å². The normalized spacial score (nSPS) is 14.7. The molecule has 1 saturated heterocycles. The van der Waals surface area contributed by atoms with Gasteiger partial charge < -0.3 is 14.7 Å². The molecule has 1 heterocycles. The van der Waals surface area contributed by atoms with Crippen LogP contribution in [-0.4, -0.2) is 47.7 Å². The summed E-state index contributed by atoms with van der Waals surface area (Å²) in [6, 6.07) is 10.2. The van der Waals surface area contributed by atoms with E-state index in [4.69, 9.17) is 4.74 Å². The number of benzene rings is 2. The van der Waals surface area contributed by atoms with Gasteiger partial charge in [0, 0.05) is 24.6 Å². The molecule has 0 unspecified atom stereocenters. The molecule has 0 atom stereocenters. The lowest BCUT2D eigenvalue weighted by Crippen LogP contribution is -2.42. The SMILES string of the molecule is CCOc1cc(C=NNC(=O)C2CCN(C(=O)c3ccc(F)cc3)CC2)ccc1O. The van der Waals surface area contributed by atoms with Crippen molar-refractivity contribution >= 4 is 18.0 Å². The molecule has 2 aromatic carbocycles. The maximum atomic E-state index is 13.0. The standard InChI is InChI=1S/C22H24FN3O4/c1-2-30-20-13-15(3-8-19(20)27)14-24-25-21(28)16-9-11-26(12-10-16)22(29)17-4-6-18(23)7-5-17/h3-8,13-14,16,27H,2,9-12H2,1H3,(H,25,28). The maximum absolute atomic E-state index is 13.0. The number of piperidine rings is 1. The van der Waals surface area contributed by atoms with Crippen LogP contribution in [0.25, 0.3) is 0 Å². The Morgan fingerprint density at radius 1 is 1.23 bits per heavy atom. The minimum Gasteiger partial charge on any atom is -0.504 e. The summed E-state index contributed by atoms with van der Waals surface area (Å²) in [6.45, 7) is 3.15. The minimum absolute atomic E-state index is 0.0416. The summed E-state index contributed by atoms with van der Waals surface area (Å²) >= 11 is 0. The number of nitrogens with zero attached hydrogens (tertiary/aromatic N) is 2. The molecule has 0 aliphatic carbocycles. The lowest BCUT2D eigenvalue weighted by atomic mass is 9.95. The fourth-order valence-corrected chi connectivity index (χ4v) is 3.26. The molecule has 0 radical (unpaired) electrons. The summed E-state index contributed by atoms with van der Waals surface area (Å²) in [5.74, 6) is -0.596. The Labute approximate surface area is 174 Å². The number of hydrogen-bond donors (Lipinski definition) is 2. The third kappa shape index (κ3) is 5.34. The van der Waals surface area contributed by atoms with Crippen molar-refractivity contribution in [2.75, 3.05) is 19.7 Å². The molecule has 1 fully saturated rings. The van der Waals surface area contributed by atoms with Gasteiger partial charge in [-0.15, -0.1) is 0 Å². The third-order valence-electron chi connectivity index (χ3n) is 4.92. The molecule has 0 aromatic heterocycles. The number of ether oxygens (including phenoxy) is 1. The van der Waals surface area contributed by atoms with Crippen molar-refractivity contribution in [1.29, 1.82) is 0 Å². The second-order valence-electron chi connectivity index (χ2n) is 6.97. The summed E-state index contributed by atoms with van der Waals surface area (Å²) < 4.78 is 18.3. The molecule has 2 amide bonds. The first-order valence-electron chi connectivity index (χ1n) is 9.81. The third-order valence-corrected chi connectivity index (χ3v) is 4.92. The number of likely N-dealkylation sites (tertiary alicyclic amines) is 1. The quantitative estimate of drug-likeness (QED) is 0.563. The van der Waals surface area contributed by atoms with Crippen molar-refractivity contribution in [2.45, 2.75) is 19.8 Å². The Kier molecular flexibility index (Phi) is 7.00. The van der Waals surface area contributed by atoms with Gasteiger partial charge in [-0.3, -0.25) is 9.59 Å². The molecule has 1 aliphatic rings. The molecule has 30 heavy (non-hydrogen) atoms. The zero-order valence-electron chi connectivity index (χ0n) is 16.7. The van der Waals surface area contributed by atoms with Crippen molar-refractivity contribution in [2.24, 2.45) is 11.0 Å². The Morgan fingerprint density at radius 3 is 2.60 bits per heavy atom. The van der Waals surface area contributed by atoms with E-state index in [0.717, 1.165) is 0 Å². The van der Waals surface area contributed by atoms with Crippen molar-refractivity contribution in [3.63, 3.8) is 0 Å². The van der Waals surface area contributed by atoms with Gasteiger partial charge in [-0.1, -0.05) is 0 Å². The molecule has 8 heteroatoms. The number of halogens is 1. The Hall–Kier alpha value is -3.42. The van der Waals surface area contributed by atoms with Crippen molar-refractivity contribution in [3.8, 4) is 11.5 Å². The maximum Gasteiger partial charge on any atom is 0.253 e. The summed E-state index contributed by atoms with van der Waals surface area (Å²) in [5.41, 5.74) is 3.64. The molecule has 2 aromatic rings. The Balaban J connectivity index is 1.49. The van der Waals surface area contributed by atoms with Crippen LogP contribution in [0.4, 0.5) is 4.39 Å². The summed E-state index contributed by atoms with van der Waals surface area (Å²) in [6.07, 6.45) is 2.54. The van der Waals surface area contributed by atoms with E-state index in [0.29, 0.717) is 49.4 Å². The van der Waals surface area contributed by atoms with Crippen LogP contribution in [0.15, 0.2) is 47.6 Å². The van der Waals surface area contributed by atoms with Crippen molar-refractivity contribution < 1.29 is 23.8 Å². The van der Waals surface area contributed by atoms with E-state index in [1.807, 2.05) is 6.92 Å². The van der Waals surface area contributed by atoms with Crippen LogP contribution in [0.2, 0.25) is 0 Å². The minimum atomic E-state index is -0.385. The highest BCUT2D eigenvalue weighted by Gasteiger charge is 2.27. The number of carbonyl (C=O) groups excluding carboxylic acids is 2. The van der Waals surface area contributed by atoms with Gasteiger partial charge in [-0.2, -0.15) is 5.10 Å². The number of aromatic hydroxyl groups is 1. The van der Waals surface area contributed by atoms with E-state index in [2.05, 4.69) is 10.5 Å². The monoisotopic (exact) mass is 413 g/mol. The van der Waals surface area contributed by atoms with E-state index in [1.54, 1.807) is 17.0 Å². The van der Waals surface area contributed by atoms with Crippen molar-refractivity contribution in [3.05, 3.63) is 59.4 Å². The van der Waals surface area contributed by atoms with Gasteiger partial charge in [0.2, 0.25) is 5.91 Å². The van der Waals surface area contributed by atoms with Crippen LogP contribution < -0.4 is 10.2 Å². The number of nitrogens with one attached hydrogen (secondary N) is 1. The van der Waals surface area contributed by atoms with E-state index in [1.165, 1.54) is 36.5 Å². The highest BCUT2D eigenvalue weighted by atomic mass is 19.1. The predicted molar refractivity (Wildman–Crippen MR) is 110 cm³/mol. The molecule has 1 aliphatic heterocycles. The summed E-state index contributed by atoms with van der Waals surface area (Å²) in [4.78, 5) is 26.5. The number of phenolic OH excluding ortho intramolecular Hbond substituents is 1. The molecule has 0 saturated carbocycles. The zero-order valence-corrected chi connectivity index (χ0v) is 16.7.